The molecular formula is C31H26N4+2. The van der Waals surface area contributed by atoms with E-state index in [1.807, 2.05) is 0 Å². The van der Waals surface area contributed by atoms with E-state index < -0.39 is 0 Å². The average molecular weight is 455 g/mol. The minimum atomic E-state index is 1.15. The molecule has 0 aliphatic carbocycles. The molecule has 0 saturated heterocycles. The summed E-state index contributed by atoms with van der Waals surface area (Å²) in [6.45, 7) is 2.28. The van der Waals surface area contributed by atoms with Crippen molar-refractivity contribution in [1.29, 1.82) is 0 Å². The van der Waals surface area contributed by atoms with Crippen LogP contribution in [0.3, 0.4) is 0 Å². The van der Waals surface area contributed by atoms with Gasteiger partial charge in [-0.05, 0) is 49.4 Å². The van der Waals surface area contributed by atoms with Crippen LogP contribution >= 0.6 is 0 Å². The van der Waals surface area contributed by atoms with Crippen LogP contribution in [0.4, 0.5) is 0 Å². The molecule has 0 saturated carbocycles. The minimum absolute atomic E-state index is 1.15. The smallest absolute Gasteiger partial charge is 0.237 e. The summed E-state index contributed by atoms with van der Waals surface area (Å²) in [4.78, 5) is 0. The molecule has 3 aromatic carbocycles. The van der Waals surface area contributed by atoms with E-state index in [0.29, 0.717) is 0 Å². The normalized spacial score (nSPS) is 11.9. The highest BCUT2D eigenvalue weighted by Crippen LogP contribution is 2.41. The van der Waals surface area contributed by atoms with Crippen LogP contribution in [-0.2, 0) is 14.1 Å². The first-order valence-electron chi connectivity index (χ1n) is 12.0. The predicted octanol–water partition coefficient (Wildman–Crippen LogP) is 5.84. The summed E-state index contributed by atoms with van der Waals surface area (Å²) in [6.07, 6.45) is 4.23. The zero-order valence-corrected chi connectivity index (χ0v) is 20.1. The fourth-order valence-corrected chi connectivity index (χ4v) is 5.79. The molecule has 0 bridgehead atoms. The van der Waals surface area contributed by atoms with Crippen molar-refractivity contribution in [2.24, 2.45) is 14.1 Å². The number of rotatable bonds is 2. The number of hydrogen-bond acceptors (Lipinski definition) is 0. The van der Waals surface area contributed by atoms with E-state index in [1.54, 1.807) is 0 Å². The highest BCUT2D eigenvalue weighted by Gasteiger charge is 2.29. The van der Waals surface area contributed by atoms with Gasteiger partial charge in [-0.2, -0.15) is 9.13 Å². The van der Waals surface area contributed by atoms with Gasteiger partial charge in [-0.15, -0.1) is 0 Å². The van der Waals surface area contributed by atoms with Gasteiger partial charge in [-0.3, -0.25) is 0 Å². The van der Waals surface area contributed by atoms with Crippen molar-refractivity contribution in [3.63, 3.8) is 0 Å². The van der Waals surface area contributed by atoms with Gasteiger partial charge in [0.05, 0.1) is 26.5 Å². The predicted molar refractivity (Wildman–Crippen MR) is 142 cm³/mol. The number of aromatic nitrogens is 4. The lowest BCUT2D eigenvalue weighted by Crippen LogP contribution is -2.33. The third-order valence-corrected chi connectivity index (χ3v) is 7.34. The Kier molecular flexibility index (Phi) is 4.15. The van der Waals surface area contributed by atoms with E-state index in [1.165, 1.54) is 49.2 Å². The molecule has 0 atom stereocenters. The monoisotopic (exact) mass is 454 g/mol. The van der Waals surface area contributed by atoms with Gasteiger partial charge in [0.15, 0.2) is 0 Å². The Hall–Kier alpha value is -4.44. The molecule has 0 N–H and O–H groups in total. The topological polar surface area (TPSA) is 17.6 Å². The molecule has 0 amide bonds. The third kappa shape index (κ3) is 2.68. The standard InChI is InChI=1S/C31H26N4/c1-21-30-24(22-12-4-6-14-26(22)34(30)28-16-8-10-18-32(28)2)20-25-23-13-5-7-15-27(23)35(31(21)25)29-17-9-11-19-33(29)3/h4-20H,1-3H3/q+2. The Morgan fingerprint density at radius 1 is 0.514 bits per heavy atom. The Balaban J connectivity index is 1.76. The summed E-state index contributed by atoms with van der Waals surface area (Å²) in [5, 5.41) is 5.13. The molecule has 35 heavy (non-hydrogen) atoms. The quantitative estimate of drug-likeness (QED) is 0.292. The number of fused-ring (bicyclic) bond motifs is 6. The van der Waals surface area contributed by atoms with Crippen molar-refractivity contribution < 1.29 is 9.13 Å². The van der Waals surface area contributed by atoms with Crippen LogP contribution < -0.4 is 9.13 Å². The third-order valence-electron chi connectivity index (χ3n) is 7.34. The lowest BCUT2D eigenvalue weighted by Gasteiger charge is -2.07. The van der Waals surface area contributed by atoms with E-state index in [9.17, 15) is 0 Å². The second-order valence-corrected chi connectivity index (χ2v) is 9.34. The Morgan fingerprint density at radius 3 is 1.40 bits per heavy atom. The lowest BCUT2D eigenvalue weighted by atomic mass is 10.0. The van der Waals surface area contributed by atoms with Gasteiger partial charge in [-0.25, -0.2) is 9.13 Å². The number of hydrogen-bond donors (Lipinski definition) is 0. The van der Waals surface area contributed by atoms with Gasteiger partial charge in [0.2, 0.25) is 0 Å². The molecule has 0 aliphatic heterocycles. The minimum Gasteiger partial charge on any atom is -0.237 e. The van der Waals surface area contributed by atoms with Crippen LogP contribution in [0.5, 0.6) is 0 Å². The van der Waals surface area contributed by atoms with Crippen LogP contribution in [-0.4, -0.2) is 9.13 Å². The lowest BCUT2D eigenvalue weighted by molar-refractivity contribution is -0.665. The largest absolute Gasteiger partial charge is 0.286 e. The van der Waals surface area contributed by atoms with Crippen LogP contribution in [0.25, 0.3) is 55.2 Å². The van der Waals surface area contributed by atoms with E-state index in [0.717, 1.165) is 11.6 Å². The summed E-state index contributed by atoms with van der Waals surface area (Å²) < 4.78 is 9.24. The molecule has 0 radical (unpaired) electrons. The van der Waals surface area contributed by atoms with Crippen molar-refractivity contribution in [2.75, 3.05) is 0 Å². The van der Waals surface area contributed by atoms with Crippen molar-refractivity contribution >= 4 is 43.6 Å². The SMILES string of the molecule is Cc1c2c(cc3c4ccccc4n(-c4cccc[n+]4C)c13)c1ccccc1n2-c1cccc[n+]1C. The Morgan fingerprint density at radius 2 is 0.943 bits per heavy atom. The Labute approximate surface area is 203 Å². The molecule has 0 fully saturated rings. The van der Waals surface area contributed by atoms with Gasteiger partial charge in [-0.1, -0.05) is 36.4 Å². The molecule has 4 aromatic heterocycles. The number of pyridine rings is 2. The van der Waals surface area contributed by atoms with Crippen molar-refractivity contribution in [2.45, 2.75) is 6.92 Å². The van der Waals surface area contributed by atoms with Gasteiger partial charge in [0.1, 0.15) is 22.1 Å². The molecule has 4 nitrogen and oxygen atoms in total. The summed E-state index contributed by atoms with van der Waals surface area (Å²) in [7, 11) is 4.23. The Bertz CT molecular complexity index is 1800. The zero-order chi connectivity index (χ0) is 23.7. The van der Waals surface area contributed by atoms with Gasteiger partial charge in [0.25, 0.3) is 11.6 Å². The maximum atomic E-state index is 2.42. The molecule has 0 unspecified atom stereocenters. The van der Waals surface area contributed by atoms with E-state index in [4.69, 9.17) is 0 Å². The van der Waals surface area contributed by atoms with Gasteiger partial charge >= 0.3 is 0 Å². The molecule has 7 rings (SSSR count). The van der Waals surface area contributed by atoms with Crippen molar-refractivity contribution in [3.8, 4) is 11.6 Å². The maximum absolute atomic E-state index is 2.42. The molecule has 168 valence electrons. The number of nitrogens with zero attached hydrogens (tertiary/aromatic N) is 4. The molecule has 0 spiro atoms. The fourth-order valence-electron chi connectivity index (χ4n) is 5.79. The zero-order valence-electron chi connectivity index (χ0n) is 20.1. The molecular weight excluding hydrogens is 428 g/mol. The summed E-state index contributed by atoms with van der Waals surface area (Å²) >= 11 is 0. The van der Waals surface area contributed by atoms with Crippen LogP contribution in [0.1, 0.15) is 5.56 Å². The molecule has 4 heteroatoms. The van der Waals surface area contributed by atoms with Crippen LogP contribution in [0.15, 0.2) is 103 Å². The molecule has 4 heterocycles. The highest BCUT2D eigenvalue weighted by atomic mass is 15.1. The summed E-state index contributed by atoms with van der Waals surface area (Å²) in [6, 6.07) is 32.7. The second-order valence-electron chi connectivity index (χ2n) is 9.34. The summed E-state index contributed by atoms with van der Waals surface area (Å²) in [5.74, 6) is 2.29. The van der Waals surface area contributed by atoms with Crippen molar-refractivity contribution in [3.05, 3.63) is 109 Å². The first-order chi connectivity index (χ1) is 17.1. The maximum Gasteiger partial charge on any atom is 0.286 e. The second kappa shape index (κ2) is 7.28. The van der Waals surface area contributed by atoms with Crippen LogP contribution in [0, 0.1) is 6.92 Å². The van der Waals surface area contributed by atoms with E-state index in [-0.39, 0.29) is 0 Å². The highest BCUT2D eigenvalue weighted by molar-refractivity contribution is 6.20. The fraction of sp³-hybridized carbons (Fsp3) is 0.0968. The van der Waals surface area contributed by atoms with E-state index in [2.05, 4.69) is 143 Å². The van der Waals surface area contributed by atoms with Gasteiger partial charge < -0.3 is 0 Å². The van der Waals surface area contributed by atoms with E-state index >= 15 is 0 Å². The first kappa shape index (κ1) is 20.0. The van der Waals surface area contributed by atoms with Crippen LogP contribution in [0.2, 0.25) is 0 Å². The van der Waals surface area contributed by atoms with Crippen molar-refractivity contribution in [1.82, 2.24) is 9.13 Å². The number of benzene rings is 3. The summed E-state index contributed by atoms with van der Waals surface area (Å²) in [5.41, 5.74) is 6.23. The molecule has 7 aromatic rings. The molecule has 0 aliphatic rings. The average Bonchev–Trinajstić information content (AvgIpc) is 3.39. The number of aryl methyl sites for hydroxylation is 3. The number of para-hydroxylation sites is 2. The van der Waals surface area contributed by atoms with Gasteiger partial charge in [0, 0.05) is 39.2 Å². The first-order valence-corrected chi connectivity index (χ1v) is 12.0.